The van der Waals surface area contributed by atoms with Crippen molar-refractivity contribution in [3.63, 3.8) is 0 Å². The van der Waals surface area contributed by atoms with E-state index in [0.29, 0.717) is 5.89 Å². The van der Waals surface area contributed by atoms with Gasteiger partial charge in [-0.05, 0) is 13.8 Å². The third kappa shape index (κ3) is 2.77. The molecule has 0 atom stereocenters. The summed E-state index contributed by atoms with van der Waals surface area (Å²) in [6, 6.07) is 0.00565. The molecule has 8 nitrogen and oxygen atoms in total. The van der Waals surface area contributed by atoms with Crippen LogP contribution in [0.2, 0.25) is 0 Å². The van der Waals surface area contributed by atoms with E-state index in [9.17, 15) is 4.79 Å². The van der Waals surface area contributed by atoms with Crippen LogP contribution in [0.4, 0.5) is 6.01 Å². The molecule has 0 spiro atoms. The van der Waals surface area contributed by atoms with Crippen LogP contribution >= 0.6 is 11.3 Å². The highest BCUT2D eigenvalue weighted by Crippen LogP contribution is 2.29. The Kier molecular flexibility index (Phi) is 3.40. The van der Waals surface area contributed by atoms with Gasteiger partial charge in [0.1, 0.15) is 10.6 Å². The first-order valence-electron chi connectivity index (χ1n) is 5.99. The van der Waals surface area contributed by atoms with E-state index in [4.69, 9.17) is 4.42 Å². The fraction of sp³-hybridized carbons (Fsp3) is 0.167. The van der Waals surface area contributed by atoms with E-state index < -0.39 is 5.91 Å². The predicted molar refractivity (Wildman–Crippen MR) is 74.9 cm³/mol. The van der Waals surface area contributed by atoms with E-state index >= 15 is 0 Å². The Hall–Kier alpha value is -2.68. The largest absolute Gasteiger partial charge is 0.402 e. The first kappa shape index (κ1) is 13.3. The summed E-state index contributed by atoms with van der Waals surface area (Å²) < 4.78 is 5.42. The van der Waals surface area contributed by atoms with Gasteiger partial charge < -0.3 is 4.42 Å². The summed E-state index contributed by atoms with van der Waals surface area (Å²) in [5, 5.41) is 11.1. The molecule has 0 aliphatic heterocycles. The monoisotopic (exact) mass is 302 g/mol. The van der Waals surface area contributed by atoms with Crippen molar-refractivity contribution in [3.05, 3.63) is 35.0 Å². The molecule has 0 aliphatic rings. The van der Waals surface area contributed by atoms with Gasteiger partial charge in [0.25, 0.3) is 11.8 Å². The molecule has 9 heteroatoms. The highest BCUT2D eigenvalue weighted by Gasteiger charge is 2.17. The van der Waals surface area contributed by atoms with Crippen LogP contribution in [0.1, 0.15) is 21.2 Å². The minimum Gasteiger partial charge on any atom is -0.402 e. The lowest BCUT2D eigenvalue weighted by Crippen LogP contribution is -2.13. The van der Waals surface area contributed by atoms with E-state index in [1.807, 2.05) is 13.8 Å². The molecule has 0 fully saturated rings. The van der Waals surface area contributed by atoms with Gasteiger partial charge in [-0.1, -0.05) is 5.10 Å². The standard InChI is InChI=1S/C12H10N6O2S/c1-6-9(21-7(2)15-6)11-17-18-12(20-11)16-10(19)8-5-13-3-4-14-8/h3-5H,1-2H3,(H,16,18,19). The molecule has 0 unspecified atom stereocenters. The van der Waals surface area contributed by atoms with Crippen molar-refractivity contribution in [1.82, 2.24) is 25.1 Å². The number of aryl methyl sites for hydroxylation is 2. The zero-order valence-corrected chi connectivity index (χ0v) is 12.0. The summed E-state index contributed by atoms with van der Waals surface area (Å²) in [7, 11) is 0. The van der Waals surface area contributed by atoms with Crippen LogP contribution in [0.5, 0.6) is 0 Å². The van der Waals surface area contributed by atoms with Gasteiger partial charge in [0.2, 0.25) is 0 Å². The number of carbonyl (C=O) groups is 1. The molecule has 1 N–H and O–H groups in total. The average molecular weight is 302 g/mol. The zero-order valence-electron chi connectivity index (χ0n) is 11.2. The molecular weight excluding hydrogens is 292 g/mol. The molecule has 0 bridgehead atoms. The first-order chi connectivity index (χ1) is 10.1. The van der Waals surface area contributed by atoms with Crippen LogP contribution in [0.15, 0.2) is 23.0 Å². The number of anilines is 1. The second-order valence-electron chi connectivity index (χ2n) is 4.10. The second-order valence-corrected chi connectivity index (χ2v) is 5.31. The first-order valence-corrected chi connectivity index (χ1v) is 6.80. The Morgan fingerprint density at radius 3 is 2.81 bits per heavy atom. The lowest BCUT2D eigenvalue weighted by molar-refractivity contribution is 0.101. The molecule has 3 heterocycles. The smallest absolute Gasteiger partial charge is 0.322 e. The number of hydrogen-bond donors (Lipinski definition) is 1. The molecule has 21 heavy (non-hydrogen) atoms. The van der Waals surface area contributed by atoms with Crippen molar-refractivity contribution >= 4 is 23.3 Å². The van der Waals surface area contributed by atoms with Crippen LogP contribution in [0.25, 0.3) is 10.8 Å². The number of rotatable bonds is 3. The Morgan fingerprint density at radius 2 is 2.14 bits per heavy atom. The fourth-order valence-corrected chi connectivity index (χ4v) is 2.51. The van der Waals surface area contributed by atoms with Gasteiger partial charge in [0.15, 0.2) is 0 Å². The molecule has 0 saturated carbocycles. The predicted octanol–water partition coefficient (Wildman–Crippen LogP) is 1.85. The Morgan fingerprint density at radius 1 is 1.29 bits per heavy atom. The Labute approximate surface area is 123 Å². The molecule has 0 aliphatic carbocycles. The number of nitrogens with zero attached hydrogens (tertiary/aromatic N) is 5. The van der Waals surface area contributed by atoms with Crippen LogP contribution in [0.3, 0.4) is 0 Å². The normalized spacial score (nSPS) is 10.6. The summed E-state index contributed by atoms with van der Waals surface area (Å²) in [6.45, 7) is 3.76. The minimum absolute atomic E-state index is 0.00565. The van der Waals surface area contributed by atoms with Gasteiger partial charge in [0.05, 0.1) is 16.9 Å². The molecule has 0 radical (unpaired) electrons. The van der Waals surface area contributed by atoms with Crippen molar-refractivity contribution in [1.29, 1.82) is 0 Å². The van der Waals surface area contributed by atoms with Crippen molar-refractivity contribution in [3.8, 4) is 10.8 Å². The molecular formula is C12H10N6O2S. The van der Waals surface area contributed by atoms with E-state index in [0.717, 1.165) is 15.6 Å². The summed E-state index contributed by atoms with van der Waals surface area (Å²) in [4.78, 5) is 24.7. The van der Waals surface area contributed by atoms with E-state index in [1.165, 1.54) is 29.9 Å². The van der Waals surface area contributed by atoms with Gasteiger partial charge in [-0.15, -0.1) is 16.4 Å². The van der Waals surface area contributed by atoms with Crippen LogP contribution in [0, 0.1) is 13.8 Å². The number of amides is 1. The van der Waals surface area contributed by atoms with Crippen molar-refractivity contribution in [2.45, 2.75) is 13.8 Å². The topological polar surface area (TPSA) is 107 Å². The molecule has 3 aromatic heterocycles. The third-order valence-corrected chi connectivity index (χ3v) is 3.60. The number of thiazole rings is 1. The number of carbonyl (C=O) groups excluding carboxylic acids is 1. The van der Waals surface area contributed by atoms with Gasteiger partial charge >= 0.3 is 6.01 Å². The van der Waals surface area contributed by atoms with Gasteiger partial charge in [-0.3, -0.25) is 15.1 Å². The van der Waals surface area contributed by atoms with Crippen LogP contribution < -0.4 is 5.32 Å². The second kappa shape index (κ2) is 5.37. The van der Waals surface area contributed by atoms with Crippen LogP contribution in [-0.4, -0.2) is 31.1 Å². The van der Waals surface area contributed by atoms with Crippen molar-refractivity contribution in [2.24, 2.45) is 0 Å². The summed E-state index contributed by atoms with van der Waals surface area (Å²) in [5.41, 5.74) is 0.981. The molecule has 3 aromatic rings. The minimum atomic E-state index is -0.462. The lowest BCUT2D eigenvalue weighted by Gasteiger charge is -1.97. The maximum atomic E-state index is 11.9. The highest BCUT2D eigenvalue weighted by atomic mass is 32.1. The number of nitrogens with one attached hydrogen (secondary N) is 1. The van der Waals surface area contributed by atoms with Crippen LogP contribution in [-0.2, 0) is 0 Å². The Bertz CT molecular complexity index is 782. The van der Waals surface area contributed by atoms with Gasteiger partial charge in [-0.25, -0.2) is 9.97 Å². The lowest BCUT2D eigenvalue weighted by atomic mass is 10.4. The summed E-state index contributed by atoms with van der Waals surface area (Å²) in [6.07, 6.45) is 4.26. The molecule has 0 aromatic carbocycles. The maximum absolute atomic E-state index is 11.9. The molecule has 106 valence electrons. The molecule has 0 saturated heterocycles. The van der Waals surface area contributed by atoms with Crippen molar-refractivity contribution in [2.75, 3.05) is 5.32 Å². The van der Waals surface area contributed by atoms with E-state index in [1.54, 1.807) is 0 Å². The maximum Gasteiger partial charge on any atom is 0.322 e. The number of hydrogen-bond acceptors (Lipinski definition) is 8. The molecule has 1 amide bonds. The molecule has 3 rings (SSSR count). The van der Waals surface area contributed by atoms with E-state index in [2.05, 4.69) is 30.5 Å². The number of aromatic nitrogens is 5. The highest BCUT2D eigenvalue weighted by molar-refractivity contribution is 7.15. The summed E-state index contributed by atoms with van der Waals surface area (Å²) >= 11 is 1.45. The fourth-order valence-electron chi connectivity index (χ4n) is 1.67. The van der Waals surface area contributed by atoms with Gasteiger partial charge in [0, 0.05) is 12.4 Å². The third-order valence-electron chi connectivity index (χ3n) is 2.54. The van der Waals surface area contributed by atoms with Gasteiger partial charge in [-0.2, -0.15) is 0 Å². The SMILES string of the molecule is Cc1nc(C)c(-c2nnc(NC(=O)c3cnccn3)o2)s1. The zero-order chi connectivity index (χ0) is 14.8. The summed E-state index contributed by atoms with van der Waals surface area (Å²) in [5.74, 6) is -0.136. The average Bonchev–Trinajstić information content (AvgIpc) is 3.06. The van der Waals surface area contributed by atoms with Crippen molar-refractivity contribution < 1.29 is 9.21 Å². The quantitative estimate of drug-likeness (QED) is 0.786. The Balaban J connectivity index is 1.80. The van der Waals surface area contributed by atoms with E-state index in [-0.39, 0.29) is 11.7 Å².